The van der Waals surface area contributed by atoms with Crippen molar-refractivity contribution >= 4 is 12.3 Å². The fourth-order valence-electron chi connectivity index (χ4n) is 2.80. The molecule has 2 atom stereocenters. The third-order valence-electron chi connectivity index (χ3n) is 3.86. The van der Waals surface area contributed by atoms with Gasteiger partial charge in [0, 0.05) is 31.8 Å². The normalized spacial score (nSPS) is 25.9. The Hall–Kier alpha value is -1.96. The van der Waals surface area contributed by atoms with E-state index in [1.165, 1.54) is 0 Å². The zero-order chi connectivity index (χ0) is 17.2. The second-order valence-corrected chi connectivity index (χ2v) is 6.91. The summed E-state index contributed by atoms with van der Waals surface area (Å²) >= 11 is 0. The van der Waals surface area contributed by atoms with Crippen LogP contribution in [0.2, 0.25) is 0 Å². The lowest BCUT2D eigenvalue weighted by Gasteiger charge is -2.42. The molecular weight excluding hydrogens is 300 g/mol. The molecule has 0 saturated carbocycles. The molecule has 0 spiro atoms. The van der Waals surface area contributed by atoms with Gasteiger partial charge in [-0.05, 0) is 44.0 Å². The molecule has 2 rings (SSSR count). The van der Waals surface area contributed by atoms with Crippen molar-refractivity contribution in [1.29, 1.82) is 0 Å². The van der Waals surface area contributed by atoms with Crippen molar-refractivity contribution < 1.29 is 14.5 Å². The van der Waals surface area contributed by atoms with Crippen LogP contribution in [0.1, 0.15) is 34.1 Å². The minimum absolute atomic E-state index is 0.0366. The molecule has 2 aliphatic heterocycles. The fraction of sp³-hybridized carbons (Fsp3) is 0.733. The summed E-state index contributed by atoms with van der Waals surface area (Å²) in [6.07, 6.45) is 3.46. The number of rotatable bonds is 2. The third-order valence-corrected chi connectivity index (χ3v) is 3.86. The lowest BCUT2D eigenvalue weighted by atomic mass is 10.1. The lowest BCUT2D eigenvalue weighted by Crippen LogP contribution is -2.57. The van der Waals surface area contributed by atoms with Crippen LogP contribution in [0.5, 0.6) is 0 Å². The van der Waals surface area contributed by atoms with Gasteiger partial charge in [0.15, 0.2) is 0 Å². The van der Waals surface area contributed by atoms with Gasteiger partial charge in [-0.2, -0.15) is 0 Å². The highest BCUT2D eigenvalue weighted by Gasteiger charge is 2.34. The van der Waals surface area contributed by atoms with Gasteiger partial charge in [-0.15, -0.1) is 0 Å². The Balaban J connectivity index is 1.92. The number of carbonyl (C=O) groups excluding carboxylic acids is 1. The Bertz CT molecular complexity index is 538. The van der Waals surface area contributed by atoms with Crippen LogP contribution in [-0.2, 0) is 4.74 Å². The molecule has 1 amide bonds. The largest absolute Gasteiger partial charge is 0.444 e. The molecule has 23 heavy (non-hydrogen) atoms. The average molecular weight is 324 g/mol. The summed E-state index contributed by atoms with van der Waals surface area (Å²) in [4.78, 5) is 30.2. The first kappa shape index (κ1) is 17.4. The minimum Gasteiger partial charge on any atom is -0.444 e. The topological polar surface area (TPSA) is 88.3 Å². The molecule has 8 nitrogen and oxygen atoms in total. The second-order valence-electron chi connectivity index (χ2n) is 6.91. The number of nitrogens with zero attached hydrogens (tertiary/aromatic N) is 4. The number of hydrogen-bond acceptors (Lipinski definition) is 6. The van der Waals surface area contributed by atoms with Crippen molar-refractivity contribution in [3.05, 3.63) is 22.0 Å². The van der Waals surface area contributed by atoms with Gasteiger partial charge in [-0.3, -0.25) is 4.90 Å². The fourth-order valence-corrected chi connectivity index (χ4v) is 2.80. The SMILES string of the molecule is C[C@H]1CN(C(=O)OC(C)(C)C)CCN1C1C=NC([N+](=O)[O-])=CC1. The van der Waals surface area contributed by atoms with E-state index in [1.807, 2.05) is 27.7 Å². The van der Waals surface area contributed by atoms with E-state index in [0.717, 1.165) is 0 Å². The monoisotopic (exact) mass is 324 g/mol. The third kappa shape index (κ3) is 4.51. The van der Waals surface area contributed by atoms with Crippen molar-refractivity contribution in [3.8, 4) is 0 Å². The van der Waals surface area contributed by atoms with Gasteiger partial charge in [0.1, 0.15) is 11.8 Å². The molecule has 0 aromatic heterocycles. The predicted molar refractivity (Wildman–Crippen MR) is 85.9 cm³/mol. The van der Waals surface area contributed by atoms with E-state index in [2.05, 4.69) is 9.89 Å². The molecule has 128 valence electrons. The maximum Gasteiger partial charge on any atom is 0.410 e. The summed E-state index contributed by atoms with van der Waals surface area (Å²) in [5.74, 6) is -0.0960. The van der Waals surface area contributed by atoms with Crippen LogP contribution in [-0.4, -0.2) is 64.3 Å². The number of nitro groups is 1. The highest BCUT2D eigenvalue weighted by Crippen LogP contribution is 2.20. The van der Waals surface area contributed by atoms with Crippen LogP contribution in [0.15, 0.2) is 16.9 Å². The molecule has 8 heteroatoms. The van der Waals surface area contributed by atoms with Crippen molar-refractivity contribution in [3.63, 3.8) is 0 Å². The molecule has 0 aromatic rings. The van der Waals surface area contributed by atoms with Crippen LogP contribution in [0.25, 0.3) is 0 Å². The Morgan fingerprint density at radius 2 is 2.13 bits per heavy atom. The van der Waals surface area contributed by atoms with E-state index in [-0.39, 0.29) is 24.0 Å². The van der Waals surface area contributed by atoms with Gasteiger partial charge in [0.2, 0.25) is 0 Å². The van der Waals surface area contributed by atoms with E-state index in [0.29, 0.717) is 26.1 Å². The highest BCUT2D eigenvalue weighted by molar-refractivity contribution is 5.69. The van der Waals surface area contributed by atoms with Crippen LogP contribution >= 0.6 is 0 Å². The number of carbonyl (C=O) groups is 1. The smallest absolute Gasteiger partial charge is 0.410 e. The summed E-state index contributed by atoms with van der Waals surface area (Å²) in [5.41, 5.74) is -0.503. The summed E-state index contributed by atoms with van der Waals surface area (Å²) in [6, 6.07) is 0.174. The zero-order valence-electron chi connectivity index (χ0n) is 14.1. The van der Waals surface area contributed by atoms with Crippen molar-refractivity contribution in [2.45, 2.75) is 51.8 Å². The molecule has 0 bridgehead atoms. The molecular formula is C15H24N4O4. The van der Waals surface area contributed by atoms with Crippen molar-refractivity contribution in [2.24, 2.45) is 4.99 Å². The van der Waals surface area contributed by atoms with E-state index in [4.69, 9.17) is 4.74 Å². The van der Waals surface area contributed by atoms with Gasteiger partial charge >= 0.3 is 11.9 Å². The number of piperazine rings is 1. The van der Waals surface area contributed by atoms with Gasteiger partial charge in [0.05, 0.1) is 6.04 Å². The second kappa shape index (κ2) is 6.66. The molecule has 1 saturated heterocycles. The Kier molecular flexibility index (Phi) is 5.03. The van der Waals surface area contributed by atoms with Gasteiger partial charge in [0.25, 0.3) is 0 Å². The Labute approximate surface area is 135 Å². The molecule has 1 fully saturated rings. The average Bonchev–Trinajstić information content (AvgIpc) is 2.45. The van der Waals surface area contributed by atoms with Crippen LogP contribution in [0.3, 0.4) is 0 Å². The first-order valence-electron chi connectivity index (χ1n) is 7.80. The summed E-state index contributed by atoms with van der Waals surface area (Å²) < 4.78 is 5.40. The first-order chi connectivity index (χ1) is 10.7. The molecule has 2 aliphatic rings. The number of ether oxygens (including phenoxy) is 1. The maximum atomic E-state index is 12.1. The summed E-state index contributed by atoms with van der Waals surface area (Å²) in [5, 5.41) is 10.7. The Morgan fingerprint density at radius 1 is 1.43 bits per heavy atom. The number of aliphatic imine (C=N–C) groups is 1. The van der Waals surface area contributed by atoms with Crippen LogP contribution in [0, 0.1) is 10.1 Å². The standard InChI is InChI=1S/C15H24N4O4/c1-11-10-17(14(20)23-15(2,3)4)7-8-18(11)12-5-6-13(16-9-12)19(21)22/h6,9,11-12H,5,7-8,10H2,1-4H3/t11-,12?/m0/s1. The van der Waals surface area contributed by atoms with E-state index < -0.39 is 10.5 Å². The molecule has 0 N–H and O–H groups in total. The Morgan fingerprint density at radius 3 is 2.61 bits per heavy atom. The molecule has 0 radical (unpaired) electrons. The molecule has 0 aliphatic carbocycles. The van der Waals surface area contributed by atoms with E-state index in [1.54, 1.807) is 17.2 Å². The van der Waals surface area contributed by atoms with Gasteiger partial charge < -0.3 is 19.8 Å². The van der Waals surface area contributed by atoms with Gasteiger partial charge in [-0.25, -0.2) is 4.79 Å². The molecule has 1 unspecified atom stereocenters. The lowest BCUT2D eigenvalue weighted by molar-refractivity contribution is -0.426. The van der Waals surface area contributed by atoms with Crippen molar-refractivity contribution in [1.82, 2.24) is 9.80 Å². The van der Waals surface area contributed by atoms with E-state index in [9.17, 15) is 14.9 Å². The maximum absolute atomic E-state index is 12.1. The van der Waals surface area contributed by atoms with Crippen LogP contribution < -0.4 is 0 Å². The summed E-state index contributed by atoms with van der Waals surface area (Å²) in [7, 11) is 0. The molecule has 2 heterocycles. The minimum atomic E-state index is -0.503. The van der Waals surface area contributed by atoms with E-state index >= 15 is 0 Å². The quantitative estimate of drug-likeness (QED) is 0.571. The van der Waals surface area contributed by atoms with Crippen LogP contribution in [0.4, 0.5) is 4.79 Å². The zero-order valence-corrected chi connectivity index (χ0v) is 14.1. The highest BCUT2D eigenvalue weighted by atomic mass is 16.6. The summed E-state index contributed by atoms with van der Waals surface area (Å²) in [6.45, 7) is 9.43. The first-order valence-corrected chi connectivity index (χ1v) is 7.80. The predicted octanol–water partition coefficient (Wildman–Crippen LogP) is 1.89. The van der Waals surface area contributed by atoms with Crippen molar-refractivity contribution in [2.75, 3.05) is 19.6 Å². The molecule has 0 aromatic carbocycles. The number of hydrogen-bond donors (Lipinski definition) is 0. The number of amides is 1. The van der Waals surface area contributed by atoms with Gasteiger partial charge in [-0.1, -0.05) is 0 Å².